The number of rotatable bonds is 7. The van der Waals surface area contributed by atoms with E-state index in [1.165, 1.54) is 6.33 Å². The molecular weight excluding hydrogens is 336 g/mol. The number of ether oxygens (including phenoxy) is 3. The van der Waals surface area contributed by atoms with Crippen LogP contribution in [0, 0.1) is 0 Å². The van der Waals surface area contributed by atoms with E-state index in [0.717, 1.165) is 30.4 Å². The number of methoxy groups -OCH3 is 1. The lowest BCUT2D eigenvalue weighted by Gasteiger charge is -2.27. The molecule has 0 aliphatic carbocycles. The molecule has 3 rings (SSSR count). The number of aromatic nitrogens is 2. The lowest BCUT2D eigenvalue weighted by molar-refractivity contribution is 0.0942. The molecule has 1 fully saturated rings. The molecule has 1 aliphatic rings. The molecule has 0 saturated carbocycles. The molecule has 2 aromatic rings. The number of morpholine rings is 1. The van der Waals surface area contributed by atoms with Gasteiger partial charge >= 0.3 is 0 Å². The van der Waals surface area contributed by atoms with Crippen LogP contribution in [0.15, 0.2) is 36.7 Å². The number of amides is 1. The number of hydrogen-bond donors (Lipinski definition) is 1. The van der Waals surface area contributed by atoms with Crippen LogP contribution in [-0.4, -0.2) is 62.4 Å². The first-order valence-electron chi connectivity index (χ1n) is 8.46. The van der Waals surface area contributed by atoms with Crippen LogP contribution in [0.2, 0.25) is 0 Å². The fraction of sp³-hybridized carbons (Fsp3) is 0.389. The topological polar surface area (TPSA) is 85.8 Å². The van der Waals surface area contributed by atoms with Crippen LogP contribution in [0.1, 0.15) is 10.5 Å². The van der Waals surface area contributed by atoms with Crippen molar-refractivity contribution >= 4 is 11.7 Å². The third-order valence-electron chi connectivity index (χ3n) is 3.94. The molecule has 1 aromatic carbocycles. The molecule has 1 aromatic heterocycles. The average molecular weight is 358 g/mol. The van der Waals surface area contributed by atoms with Gasteiger partial charge in [0.2, 0.25) is 0 Å². The highest BCUT2D eigenvalue weighted by Crippen LogP contribution is 2.16. The lowest BCUT2D eigenvalue weighted by atomic mass is 10.3. The van der Waals surface area contributed by atoms with Crippen molar-refractivity contribution < 1.29 is 19.0 Å². The van der Waals surface area contributed by atoms with Gasteiger partial charge in [-0.15, -0.1) is 0 Å². The molecule has 0 radical (unpaired) electrons. The SMILES string of the molecule is COc1ccc(OCCNC(=O)c2cc(N3CCOCC3)ncn2)cc1. The Hall–Kier alpha value is -2.87. The smallest absolute Gasteiger partial charge is 0.270 e. The zero-order chi connectivity index (χ0) is 18.2. The number of nitrogens with zero attached hydrogens (tertiary/aromatic N) is 3. The minimum Gasteiger partial charge on any atom is -0.497 e. The molecule has 8 heteroatoms. The highest BCUT2D eigenvalue weighted by atomic mass is 16.5. The molecule has 138 valence electrons. The standard InChI is InChI=1S/C18H22N4O4/c1-24-14-2-4-15(5-3-14)26-9-6-19-18(23)16-12-17(21-13-20-16)22-7-10-25-11-8-22/h2-5,12-13H,6-11H2,1H3,(H,19,23). The molecule has 2 heterocycles. The summed E-state index contributed by atoms with van der Waals surface area (Å²) in [5.74, 6) is 1.98. The monoisotopic (exact) mass is 358 g/mol. The van der Waals surface area contributed by atoms with E-state index in [0.29, 0.717) is 32.1 Å². The van der Waals surface area contributed by atoms with E-state index in [1.54, 1.807) is 13.2 Å². The van der Waals surface area contributed by atoms with Crippen molar-refractivity contribution in [1.82, 2.24) is 15.3 Å². The molecule has 26 heavy (non-hydrogen) atoms. The summed E-state index contributed by atoms with van der Waals surface area (Å²) in [5, 5.41) is 2.80. The van der Waals surface area contributed by atoms with Crippen molar-refractivity contribution in [3.63, 3.8) is 0 Å². The Labute approximate surface area is 152 Å². The molecule has 8 nitrogen and oxygen atoms in total. The van der Waals surface area contributed by atoms with E-state index in [2.05, 4.69) is 20.2 Å². The third kappa shape index (κ3) is 4.82. The minimum atomic E-state index is -0.250. The second-order valence-corrected chi connectivity index (χ2v) is 5.64. The second kappa shape index (κ2) is 9.00. The first kappa shape index (κ1) is 17.9. The Morgan fingerprint density at radius 3 is 2.65 bits per heavy atom. The van der Waals surface area contributed by atoms with Crippen molar-refractivity contribution in [2.75, 3.05) is 51.5 Å². The molecule has 1 N–H and O–H groups in total. The number of nitrogens with one attached hydrogen (secondary N) is 1. The Morgan fingerprint density at radius 1 is 1.19 bits per heavy atom. The normalized spacial score (nSPS) is 14.0. The van der Waals surface area contributed by atoms with Crippen molar-refractivity contribution in [2.45, 2.75) is 0 Å². The van der Waals surface area contributed by atoms with Crippen molar-refractivity contribution in [1.29, 1.82) is 0 Å². The van der Waals surface area contributed by atoms with Gasteiger partial charge in [0.05, 0.1) is 26.9 Å². The van der Waals surface area contributed by atoms with Gasteiger partial charge < -0.3 is 24.4 Å². The van der Waals surface area contributed by atoms with Gasteiger partial charge in [0.25, 0.3) is 5.91 Å². The van der Waals surface area contributed by atoms with E-state index in [-0.39, 0.29) is 5.91 Å². The van der Waals surface area contributed by atoms with Crippen molar-refractivity contribution in [2.24, 2.45) is 0 Å². The summed E-state index contributed by atoms with van der Waals surface area (Å²) in [7, 11) is 1.61. The molecule has 0 atom stereocenters. The maximum atomic E-state index is 12.3. The van der Waals surface area contributed by atoms with Gasteiger partial charge in [-0.25, -0.2) is 9.97 Å². The Morgan fingerprint density at radius 2 is 1.92 bits per heavy atom. The van der Waals surface area contributed by atoms with Crippen LogP contribution in [0.3, 0.4) is 0 Å². The van der Waals surface area contributed by atoms with E-state index < -0.39 is 0 Å². The van der Waals surface area contributed by atoms with Gasteiger partial charge in [0, 0.05) is 19.2 Å². The quantitative estimate of drug-likeness (QED) is 0.743. The fourth-order valence-electron chi connectivity index (χ4n) is 2.53. The predicted octanol–water partition coefficient (Wildman–Crippen LogP) is 1.13. The van der Waals surface area contributed by atoms with Crippen LogP contribution >= 0.6 is 0 Å². The molecule has 0 unspecified atom stereocenters. The summed E-state index contributed by atoms with van der Waals surface area (Å²) in [6.07, 6.45) is 1.41. The van der Waals surface area contributed by atoms with Crippen LogP contribution < -0.4 is 19.7 Å². The number of carbonyl (C=O) groups is 1. The second-order valence-electron chi connectivity index (χ2n) is 5.64. The highest BCUT2D eigenvalue weighted by molar-refractivity contribution is 5.92. The zero-order valence-corrected chi connectivity index (χ0v) is 14.7. The molecular formula is C18H22N4O4. The molecule has 1 saturated heterocycles. The lowest BCUT2D eigenvalue weighted by Crippen LogP contribution is -2.37. The van der Waals surface area contributed by atoms with Gasteiger partial charge in [-0.2, -0.15) is 0 Å². The minimum absolute atomic E-state index is 0.250. The van der Waals surface area contributed by atoms with E-state index in [4.69, 9.17) is 14.2 Å². The molecule has 1 amide bonds. The van der Waals surface area contributed by atoms with Crippen LogP contribution in [0.25, 0.3) is 0 Å². The van der Waals surface area contributed by atoms with Crippen LogP contribution in [0.5, 0.6) is 11.5 Å². The number of benzene rings is 1. The summed E-state index contributed by atoms with van der Waals surface area (Å²) in [6.45, 7) is 3.57. The summed E-state index contributed by atoms with van der Waals surface area (Å²) in [4.78, 5) is 22.6. The fourth-order valence-corrected chi connectivity index (χ4v) is 2.53. The van der Waals surface area contributed by atoms with Crippen LogP contribution in [0.4, 0.5) is 5.82 Å². The van der Waals surface area contributed by atoms with Crippen molar-refractivity contribution in [3.8, 4) is 11.5 Å². The van der Waals surface area contributed by atoms with Gasteiger partial charge in [0.1, 0.15) is 35.9 Å². The van der Waals surface area contributed by atoms with E-state index in [1.807, 2.05) is 24.3 Å². The molecule has 0 bridgehead atoms. The number of carbonyl (C=O) groups excluding carboxylic acids is 1. The summed E-state index contributed by atoms with van der Waals surface area (Å²) < 4.78 is 16.0. The average Bonchev–Trinajstić information content (AvgIpc) is 2.72. The largest absolute Gasteiger partial charge is 0.497 e. The number of hydrogen-bond acceptors (Lipinski definition) is 7. The van der Waals surface area contributed by atoms with Crippen molar-refractivity contribution in [3.05, 3.63) is 42.4 Å². The first-order chi connectivity index (χ1) is 12.8. The maximum Gasteiger partial charge on any atom is 0.270 e. The third-order valence-corrected chi connectivity index (χ3v) is 3.94. The summed E-state index contributed by atoms with van der Waals surface area (Å²) >= 11 is 0. The van der Waals surface area contributed by atoms with Gasteiger partial charge in [0.15, 0.2) is 0 Å². The summed E-state index contributed by atoms with van der Waals surface area (Å²) in [6, 6.07) is 8.98. The van der Waals surface area contributed by atoms with E-state index >= 15 is 0 Å². The van der Waals surface area contributed by atoms with Gasteiger partial charge in [-0.1, -0.05) is 0 Å². The Balaban J connectivity index is 1.47. The van der Waals surface area contributed by atoms with E-state index in [9.17, 15) is 4.79 Å². The molecule has 0 spiro atoms. The highest BCUT2D eigenvalue weighted by Gasteiger charge is 2.15. The maximum absolute atomic E-state index is 12.3. The van der Waals surface area contributed by atoms with Gasteiger partial charge in [-0.05, 0) is 24.3 Å². The Kier molecular flexibility index (Phi) is 6.21. The Bertz CT molecular complexity index is 717. The van der Waals surface area contributed by atoms with Gasteiger partial charge in [-0.3, -0.25) is 4.79 Å². The first-order valence-corrected chi connectivity index (χ1v) is 8.46. The summed E-state index contributed by atoms with van der Waals surface area (Å²) in [5.41, 5.74) is 0.339. The zero-order valence-electron chi connectivity index (χ0n) is 14.7. The molecule has 1 aliphatic heterocycles. The predicted molar refractivity (Wildman–Crippen MR) is 95.9 cm³/mol. The van der Waals surface area contributed by atoms with Crippen LogP contribution in [-0.2, 0) is 4.74 Å². The number of anilines is 1.